The average molecular weight is 331 g/mol. The molecule has 0 radical (unpaired) electrons. The van der Waals surface area contributed by atoms with E-state index in [9.17, 15) is 0 Å². The highest BCUT2D eigenvalue weighted by molar-refractivity contribution is 7.09. The van der Waals surface area contributed by atoms with E-state index in [1.54, 1.807) is 23.6 Å². The molecule has 108 valence electrons. The number of nitrogens with zero attached hydrogens (tertiary/aromatic N) is 1. The molecular weight excluding hydrogens is 315 g/mol. The Hall–Kier alpha value is -0.810. The molecule has 1 heterocycles. The van der Waals surface area contributed by atoms with Gasteiger partial charge >= 0.3 is 0 Å². The van der Waals surface area contributed by atoms with Crippen LogP contribution < -0.4 is 10.1 Å². The van der Waals surface area contributed by atoms with Crippen molar-refractivity contribution >= 4 is 34.5 Å². The lowest BCUT2D eigenvalue weighted by atomic mass is 10.2. The Balaban J connectivity index is 2.16. The smallest absolute Gasteiger partial charge is 0.143 e. The first-order chi connectivity index (χ1) is 9.56. The molecule has 0 aliphatic carbocycles. The molecule has 6 heteroatoms. The second kappa shape index (κ2) is 7.27. The summed E-state index contributed by atoms with van der Waals surface area (Å²) < 4.78 is 5.82. The summed E-state index contributed by atoms with van der Waals surface area (Å²) in [6, 6.07) is 3.94. The van der Waals surface area contributed by atoms with E-state index < -0.39 is 0 Å². The first kappa shape index (κ1) is 15.6. The molecule has 1 N–H and O–H groups in total. The van der Waals surface area contributed by atoms with Crippen molar-refractivity contribution in [1.29, 1.82) is 0 Å². The van der Waals surface area contributed by atoms with Gasteiger partial charge in [-0.15, -0.1) is 11.3 Å². The van der Waals surface area contributed by atoms with Crippen molar-refractivity contribution in [1.82, 2.24) is 10.3 Å². The van der Waals surface area contributed by atoms with E-state index in [2.05, 4.69) is 24.1 Å². The molecule has 1 aromatic carbocycles. The minimum atomic E-state index is 0.375. The maximum absolute atomic E-state index is 6.24. The van der Waals surface area contributed by atoms with Crippen molar-refractivity contribution in [3.8, 4) is 5.75 Å². The molecule has 0 aliphatic heterocycles. The summed E-state index contributed by atoms with van der Waals surface area (Å²) in [5.74, 6) is 0.666. The van der Waals surface area contributed by atoms with Gasteiger partial charge in [0.1, 0.15) is 17.4 Å². The number of benzene rings is 1. The topological polar surface area (TPSA) is 34.1 Å². The molecule has 0 fully saturated rings. The lowest BCUT2D eigenvalue weighted by molar-refractivity contribution is 0.301. The first-order valence-corrected chi connectivity index (χ1v) is 7.92. The summed E-state index contributed by atoms with van der Waals surface area (Å²) in [6.07, 6.45) is 1.76. The van der Waals surface area contributed by atoms with Gasteiger partial charge in [0.25, 0.3) is 0 Å². The number of aromatic nitrogens is 1. The Morgan fingerprint density at radius 3 is 2.80 bits per heavy atom. The zero-order chi connectivity index (χ0) is 14.5. The molecule has 0 bridgehead atoms. The highest BCUT2D eigenvalue weighted by Gasteiger charge is 2.12. The molecule has 0 saturated carbocycles. The zero-order valence-electron chi connectivity index (χ0n) is 11.3. The number of thiazole rings is 1. The van der Waals surface area contributed by atoms with Crippen LogP contribution in [0.4, 0.5) is 0 Å². The van der Waals surface area contributed by atoms with Crippen LogP contribution in [0.15, 0.2) is 23.7 Å². The summed E-state index contributed by atoms with van der Waals surface area (Å²) in [6.45, 7) is 5.24. The summed E-state index contributed by atoms with van der Waals surface area (Å²) in [7, 11) is 0. The van der Waals surface area contributed by atoms with Gasteiger partial charge in [0.2, 0.25) is 0 Å². The fourth-order valence-electron chi connectivity index (χ4n) is 1.68. The third-order valence-electron chi connectivity index (χ3n) is 2.61. The molecule has 2 rings (SSSR count). The second-order valence-corrected chi connectivity index (χ2v) is 6.45. The van der Waals surface area contributed by atoms with E-state index in [0.29, 0.717) is 35.0 Å². The van der Waals surface area contributed by atoms with Gasteiger partial charge in [0.15, 0.2) is 0 Å². The molecule has 1 aromatic heterocycles. The molecule has 0 spiro atoms. The SMILES string of the molecule is CC(C)NCc1cc(Cl)cc(Cl)c1OCc1nccs1. The van der Waals surface area contributed by atoms with E-state index in [1.165, 1.54) is 0 Å². The fraction of sp³-hybridized carbons (Fsp3) is 0.357. The minimum absolute atomic E-state index is 0.375. The van der Waals surface area contributed by atoms with Crippen LogP contribution in [0.25, 0.3) is 0 Å². The molecule has 0 aliphatic rings. The number of hydrogen-bond acceptors (Lipinski definition) is 4. The van der Waals surface area contributed by atoms with Gasteiger partial charge in [-0.25, -0.2) is 4.98 Å². The highest BCUT2D eigenvalue weighted by atomic mass is 35.5. The molecule has 0 atom stereocenters. The summed E-state index contributed by atoms with van der Waals surface area (Å²) in [5.41, 5.74) is 0.952. The molecular formula is C14H16Cl2N2OS. The monoisotopic (exact) mass is 330 g/mol. The van der Waals surface area contributed by atoms with Crippen LogP contribution in [-0.2, 0) is 13.2 Å². The van der Waals surface area contributed by atoms with Crippen molar-refractivity contribution < 1.29 is 4.74 Å². The van der Waals surface area contributed by atoms with Gasteiger partial charge in [-0.3, -0.25) is 0 Å². The number of nitrogens with one attached hydrogen (secondary N) is 1. The lowest BCUT2D eigenvalue weighted by Crippen LogP contribution is -2.22. The molecule has 20 heavy (non-hydrogen) atoms. The van der Waals surface area contributed by atoms with Crippen LogP contribution in [0.5, 0.6) is 5.75 Å². The predicted molar refractivity (Wildman–Crippen MR) is 84.9 cm³/mol. The van der Waals surface area contributed by atoms with Crippen LogP contribution in [0, 0.1) is 0 Å². The summed E-state index contributed by atoms with van der Waals surface area (Å²) >= 11 is 13.8. The Morgan fingerprint density at radius 1 is 1.35 bits per heavy atom. The maximum Gasteiger partial charge on any atom is 0.143 e. The van der Waals surface area contributed by atoms with Gasteiger partial charge in [-0.05, 0) is 12.1 Å². The van der Waals surface area contributed by atoms with E-state index in [0.717, 1.165) is 10.6 Å². The number of halogens is 2. The lowest BCUT2D eigenvalue weighted by Gasteiger charge is -2.15. The Kier molecular flexibility index (Phi) is 5.66. The standard InChI is InChI=1S/C14H16Cl2N2OS/c1-9(2)18-7-10-5-11(15)6-12(16)14(10)19-8-13-17-3-4-20-13/h3-6,9,18H,7-8H2,1-2H3. The van der Waals surface area contributed by atoms with Gasteiger partial charge in [0.05, 0.1) is 5.02 Å². The highest BCUT2D eigenvalue weighted by Crippen LogP contribution is 2.33. The minimum Gasteiger partial charge on any atom is -0.485 e. The summed E-state index contributed by atoms with van der Waals surface area (Å²) in [4.78, 5) is 4.19. The normalized spacial score (nSPS) is 11.1. The van der Waals surface area contributed by atoms with Gasteiger partial charge < -0.3 is 10.1 Å². The van der Waals surface area contributed by atoms with Crippen LogP contribution in [-0.4, -0.2) is 11.0 Å². The zero-order valence-corrected chi connectivity index (χ0v) is 13.6. The molecule has 0 saturated heterocycles. The third kappa shape index (κ3) is 4.35. The van der Waals surface area contributed by atoms with Crippen molar-refractivity contribution in [3.63, 3.8) is 0 Å². The van der Waals surface area contributed by atoms with Gasteiger partial charge in [-0.2, -0.15) is 0 Å². The molecule has 0 unspecified atom stereocenters. The first-order valence-electron chi connectivity index (χ1n) is 6.28. The second-order valence-electron chi connectivity index (χ2n) is 4.63. The van der Waals surface area contributed by atoms with Gasteiger partial charge in [-0.1, -0.05) is 37.0 Å². The van der Waals surface area contributed by atoms with Crippen molar-refractivity contribution in [2.24, 2.45) is 0 Å². The van der Waals surface area contributed by atoms with Crippen LogP contribution in [0.2, 0.25) is 10.0 Å². The van der Waals surface area contributed by atoms with Gasteiger partial charge in [0, 0.05) is 34.7 Å². The van der Waals surface area contributed by atoms with E-state index in [1.807, 2.05) is 11.4 Å². The van der Waals surface area contributed by atoms with E-state index in [4.69, 9.17) is 27.9 Å². The molecule has 0 amide bonds. The predicted octanol–water partition coefficient (Wildman–Crippen LogP) is 4.53. The van der Waals surface area contributed by atoms with Crippen molar-refractivity contribution in [3.05, 3.63) is 44.3 Å². The van der Waals surface area contributed by atoms with E-state index in [-0.39, 0.29) is 0 Å². The number of ether oxygens (including phenoxy) is 1. The maximum atomic E-state index is 6.24. The van der Waals surface area contributed by atoms with Crippen molar-refractivity contribution in [2.45, 2.75) is 33.0 Å². The van der Waals surface area contributed by atoms with Crippen LogP contribution in [0.1, 0.15) is 24.4 Å². The Labute approximate surface area is 132 Å². The fourth-order valence-corrected chi connectivity index (χ4v) is 2.80. The Morgan fingerprint density at radius 2 is 2.15 bits per heavy atom. The average Bonchev–Trinajstić information content (AvgIpc) is 2.88. The molecule has 2 aromatic rings. The quantitative estimate of drug-likeness (QED) is 0.845. The van der Waals surface area contributed by atoms with Crippen LogP contribution in [0.3, 0.4) is 0 Å². The number of hydrogen-bond donors (Lipinski definition) is 1. The van der Waals surface area contributed by atoms with Crippen molar-refractivity contribution in [2.75, 3.05) is 0 Å². The summed E-state index contributed by atoms with van der Waals surface area (Å²) in [5, 5.41) is 7.31. The molecule has 3 nitrogen and oxygen atoms in total. The Bertz CT molecular complexity index is 559. The van der Waals surface area contributed by atoms with Crippen LogP contribution >= 0.6 is 34.5 Å². The number of rotatable bonds is 6. The largest absolute Gasteiger partial charge is 0.485 e. The third-order valence-corrected chi connectivity index (χ3v) is 3.86. The van der Waals surface area contributed by atoms with E-state index >= 15 is 0 Å².